The van der Waals surface area contributed by atoms with Gasteiger partial charge in [0.15, 0.2) is 0 Å². The number of halogens is 3. The highest BCUT2D eigenvalue weighted by Gasteiger charge is 1.96. The van der Waals surface area contributed by atoms with Crippen LogP contribution < -0.4 is 0 Å². The van der Waals surface area contributed by atoms with Crippen molar-refractivity contribution in [3.05, 3.63) is 31.8 Å². The van der Waals surface area contributed by atoms with Crippen molar-refractivity contribution in [1.82, 2.24) is 0 Å². The van der Waals surface area contributed by atoms with Crippen LogP contribution in [0.4, 0.5) is 0 Å². The van der Waals surface area contributed by atoms with Gasteiger partial charge in [0.1, 0.15) is 0 Å². The van der Waals surface area contributed by atoms with E-state index < -0.39 is 0 Å². The molecule has 0 radical (unpaired) electrons. The summed E-state index contributed by atoms with van der Waals surface area (Å²) in [5.41, 5.74) is 1.30. The van der Waals surface area contributed by atoms with Crippen molar-refractivity contribution in [3.8, 4) is 0 Å². The maximum Gasteiger partial charge on any atom is 0.0294 e. The molecule has 1 aromatic rings. The van der Waals surface area contributed by atoms with Gasteiger partial charge >= 0.3 is 0 Å². The van der Waals surface area contributed by atoms with Crippen molar-refractivity contribution >= 4 is 54.5 Å². The summed E-state index contributed by atoms with van der Waals surface area (Å²) >= 11 is 9.17. The summed E-state index contributed by atoms with van der Waals surface area (Å²) in [7, 11) is 0. The molecule has 0 heterocycles. The molecule has 0 aromatic heterocycles. The SMILES string of the molecule is BrCc1cc(I)ccc1Br. The van der Waals surface area contributed by atoms with Crippen LogP contribution in [-0.2, 0) is 5.33 Å². The fraction of sp³-hybridized carbons (Fsp3) is 0.143. The van der Waals surface area contributed by atoms with E-state index in [0.717, 1.165) is 5.33 Å². The van der Waals surface area contributed by atoms with E-state index in [4.69, 9.17) is 0 Å². The van der Waals surface area contributed by atoms with Gasteiger partial charge in [-0.15, -0.1) is 0 Å². The summed E-state index contributed by atoms with van der Waals surface area (Å²) in [5.74, 6) is 0. The average molecular weight is 376 g/mol. The molecule has 0 saturated heterocycles. The summed E-state index contributed by atoms with van der Waals surface area (Å²) in [4.78, 5) is 0. The second-order valence-electron chi connectivity index (χ2n) is 1.87. The summed E-state index contributed by atoms with van der Waals surface area (Å²) in [6.45, 7) is 0. The number of hydrogen-bond donors (Lipinski definition) is 0. The molecule has 0 spiro atoms. The van der Waals surface area contributed by atoms with E-state index in [2.05, 4.69) is 72.6 Å². The first-order chi connectivity index (χ1) is 4.74. The lowest BCUT2D eigenvalue weighted by Crippen LogP contribution is -1.80. The molecule has 0 aliphatic carbocycles. The predicted octanol–water partition coefficient (Wildman–Crippen LogP) is 3.95. The number of hydrogen-bond acceptors (Lipinski definition) is 0. The van der Waals surface area contributed by atoms with E-state index in [9.17, 15) is 0 Å². The molecule has 0 saturated carbocycles. The molecule has 0 aliphatic rings. The molecule has 0 aliphatic heterocycles. The van der Waals surface area contributed by atoms with Crippen molar-refractivity contribution in [2.75, 3.05) is 0 Å². The van der Waals surface area contributed by atoms with Crippen LogP contribution in [0.1, 0.15) is 5.56 Å². The van der Waals surface area contributed by atoms with Gasteiger partial charge in [-0.05, 0) is 46.4 Å². The minimum absolute atomic E-state index is 0.907. The zero-order chi connectivity index (χ0) is 7.56. The topological polar surface area (TPSA) is 0 Å². The van der Waals surface area contributed by atoms with Crippen LogP contribution in [0.5, 0.6) is 0 Å². The van der Waals surface area contributed by atoms with Crippen molar-refractivity contribution in [2.24, 2.45) is 0 Å². The average Bonchev–Trinajstić information content (AvgIpc) is 1.94. The molecule has 0 fully saturated rings. The van der Waals surface area contributed by atoms with E-state index in [0.29, 0.717) is 0 Å². The molecule has 1 rings (SSSR count). The van der Waals surface area contributed by atoms with Crippen LogP contribution in [0, 0.1) is 3.57 Å². The monoisotopic (exact) mass is 374 g/mol. The number of benzene rings is 1. The van der Waals surface area contributed by atoms with Crippen LogP contribution in [0.25, 0.3) is 0 Å². The summed E-state index contributed by atoms with van der Waals surface area (Å²) in [6, 6.07) is 6.30. The van der Waals surface area contributed by atoms with Crippen molar-refractivity contribution in [1.29, 1.82) is 0 Å². The lowest BCUT2D eigenvalue weighted by molar-refractivity contribution is 1.38. The summed E-state index contributed by atoms with van der Waals surface area (Å²) < 4.78 is 2.44. The first kappa shape index (κ1) is 9.00. The normalized spacial score (nSPS) is 9.90. The van der Waals surface area contributed by atoms with E-state index in [1.807, 2.05) is 0 Å². The Labute approximate surface area is 90.8 Å². The van der Waals surface area contributed by atoms with Gasteiger partial charge in [-0.25, -0.2) is 0 Å². The Morgan fingerprint density at radius 1 is 1.40 bits per heavy atom. The smallest absolute Gasteiger partial charge is 0.0294 e. The molecular formula is C7H5Br2I. The molecule has 0 bridgehead atoms. The van der Waals surface area contributed by atoms with Gasteiger partial charge in [0.05, 0.1) is 0 Å². The maximum atomic E-state index is 3.46. The van der Waals surface area contributed by atoms with Gasteiger partial charge in [0, 0.05) is 13.4 Å². The van der Waals surface area contributed by atoms with Crippen LogP contribution in [0.2, 0.25) is 0 Å². The second kappa shape index (κ2) is 4.07. The quantitative estimate of drug-likeness (QED) is 0.515. The van der Waals surface area contributed by atoms with Gasteiger partial charge in [0.25, 0.3) is 0 Å². The standard InChI is InChI=1S/C7H5Br2I/c8-4-5-3-6(10)1-2-7(5)9/h1-3H,4H2. The third kappa shape index (κ3) is 2.20. The highest BCUT2D eigenvalue weighted by atomic mass is 127. The molecule has 0 nitrogen and oxygen atoms in total. The van der Waals surface area contributed by atoms with Gasteiger partial charge in [0.2, 0.25) is 0 Å². The zero-order valence-electron chi connectivity index (χ0n) is 5.07. The van der Waals surface area contributed by atoms with Gasteiger partial charge < -0.3 is 0 Å². The lowest BCUT2D eigenvalue weighted by Gasteiger charge is -1.98. The molecular weight excluding hydrogens is 371 g/mol. The third-order valence-electron chi connectivity index (χ3n) is 1.15. The van der Waals surface area contributed by atoms with Gasteiger partial charge in [-0.3, -0.25) is 0 Å². The van der Waals surface area contributed by atoms with Gasteiger partial charge in [-0.1, -0.05) is 31.9 Å². The molecule has 0 unspecified atom stereocenters. The molecule has 0 N–H and O–H groups in total. The molecule has 0 atom stereocenters. The Bertz CT molecular complexity index is 235. The summed E-state index contributed by atoms with van der Waals surface area (Å²) in [5, 5.41) is 0.907. The van der Waals surface area contributed by atoms with Crippen LogP contribution >= 0.6 is 54.5 Å². The molecule has 1 aromatic carbocycles. The number of rotatable bonds is 1. The summed E-state index contributed by atoms with van der Waals surface area (Å²) in [6.07, 6.45) is 0. The van der Waals surface area contributed by atoms with E-state index in [1.54, 1.807) is 0 Å². The maximum absolute atomic E-state index is 3.46. The number of alkyl halides is 1. The minimum Gasteiger partial charge on any atom is -0.0876 e. The Kier molecular flexibility index (Phi) is 3.66. The van der Waals surface area contributed by atoms with E-state index >= 15 is 0 Å². The first-order valence-electron chi connectivity index (χ1n) is 2.74. The second-order valence-corrected chi connectivity index (χ2v) is 4.53. The third-order valence-corrected chi connectivity index (χ3v) is 3.20. The van der Waals surface area contributed by atoms with E-state index in [-0.39, 0.29) is 0 Å². The molecule has 0 amide bonds. The minimum atomic E-state index is 0.907. The van der Waals surface area contributed by atoms with Crippen molar-refractivity contribution in [2.45, 2.75) is 5.33 Å². The van der Waals surface area contributed by atoms with Crippen LogP contribution in [-0.4, -0.2) is 0 Å². The largest absolute Gasteiger partial charge is 0.0876 e. The van der Waals surface area contributed by atoms with Crippen LogP contribution in [0.15, 0.2) is 22.7 Å². The fourth-order valence-electron chi connectivity index (χ4n) is 0.646. The molecule has 10 heavy (non-hydrogen) atoms. The van der Waals surface area contributed by atoms with E-state index in [1.165, 1.54) is 13.6 Å². The van der Waals surface area contributed by atoms with Crippen molar-refractivity contribution < 1.29 is 0 Å². The molecule has 3 heteroatoms. The Hall–Kier alpha value is 0.910. The highest BCUT2D eigenvalue weighted by Crippen LogP contribution is 2.21. The Balaban J connectivity index is 3.09. The Morgan fingerprint density at radius 3 is 2.60 bits per heavy atom. The zero-order valence-corrected chi connectivity index (χ0v) is 10.4. The lowest BCUT2D eigenvalue weighted by atomic mass is 10.2. The first-order valence-corrected chi connectivity index (χ1v) is 5.73. The van der Waals surface area contributed by atoms with Gasteiger partial charge in [-0.2, -0.15) is 0 Å². The van der Waals surface area contributed by atoms with Crippen molar-refractivity contribution in [3.63, 3.8) is 0 Å². The highest BCUT2D eigenvalue weighted by molar-refractivity contribution is 14.1. The van der Waals surface area contributed by atoms with Crippen LogP contribution in [0.3, 0.4) is 0 Å². The fourth-order valence-corrected chi connectivity index (χ4v) is 2.43. The molecule has 54 valence electrons. The Morgan fingerprint density at radius 2 is 2.10 bits per heavy atom. The predicted molar refractivity (Wildman–Crippen MR) is 59.5 cm³/mol.